The summed E-state index contributed by atoms with van der Waals surface area (Å²) in [7, 11) is 0. The SMILES string of the molecule is CCC(=O)Cc1ccc(Sc2nc(Nc3cc(C)[nH]n3)cc(N3CCC(N)C3)n2)cc1. The number of nitrogens with two attached hydrogens (primary N) is 1. The Hall–Kier alpha value is -2.91. The first kappa shape index (κ1) is 21.3. The highest BCUT2D eigenvalue weighted by Crippen LogP contribution is 2.30. The van der Waals surface area contributed by atoms with Crippen LogP contribution in [0.2, 0.25) is 0 Å². The lowest BCUT2D eigenvalue weighted by molar-refractivity contribution is -0.118. The van der Waals surface area contributed by atoms with Crippen LogP contribution in [0, 0.1) is 6.92 Å². The van der Waals surface area contributed by atoms with E-state index in [2.05, 4.69) is 25.4 Å². The molecule has 162 valence electrons. The van der Waals surface area contributed by atoms with Crippen LogP contribution in [0.15, 0.2) is 46.5 Å². The number of Topliss-reactive ketones (excluding diaryl/α,β-unsaturated/α-hetero) is 1. The van der Waals surface area contributed by atoms with Gasteiger partial charge in [-0.25, -0.2) is 9.97 Å². The number of aryl methyl sites for hydroxylation is 1. The second-order valence-corrected chi connectivity index (χ2v) is 8.81. The highest BCUT2D eigenvalue weighted by atomic mass is 32.2. The molecular weight excluding hydrogens is 410 g/mol. The number of H-pyrrole nitrogens is 1. The van der Waals surface area contributed by atoms with Gasteiger partial charge in [0, 0.05) is 54.7 Å². The Morgan fingerprint density at radius 2 is 2.06 bits per heavy atom. The molecule has 8 nitrogen and oxygen atoms in total. The first-order valence-electron chi connectivity index (χ1n) is 10.5. The second kappa shape index (κ2) is 9.49. The van der Waals surface area contributed by atoms with Crippen LogP contribution in [0.1, 0.15) is 31.0 Å². The average molecular weight is 438 g/mol. The van der Waals surface area contributed by atoms with Crippen molar-refractivity contribution in [3.63, 3.8) is 0 Å². The molecule has 1 unspecified atom stereocenters. The fourth-order valence-corrected chi connectivity index (χ4v) is 4.19. The van der Waals surface area contributed by atoms with Crippen LogP contribution in [0.4, 0.5) is 17.5 Å². The number of carbonyl (C=O) groups is 1. The maximum Gasteiger partial charge on any atom is 0.196 e. The summed E-state index contributed by atoms with van der Waals surface area (Å²) in [6, 6.07) is 12.0. The van der Waals surface area contributed by atoms with Gasteiger partial charge in [-0.1, -0.05) is 19.1 Å². The predicted octanol–water partition coefficient (Wildman–Crippen LogP) is 3.46. The third-order valence-corrected chi connectivity index (χ3v) is 6.00. The average Bonchev–Trinajstić information content (AvgIpc) is 3.37. The second-order valence-electron chi connectivity index (χ2n) is 7.76. The Kier molecular flexibility index (Phi) is 6.53. The number of hydrogen-bond acceptors (Lipinski definition) is 8. The van der Waals surface area contributed by atoms with Crippen molar-refractivity contribution in [1.29, 1.82) is 0 Å². The quantitative estimate of drug-likeness (QED) is 0.459. The fourth-order valence-electron chi connectivity index (χ4n) is 3.43. The van der Waals surface area contributed by atoms with Gasteiger partial charge in [-0.05, 0) is 42.8 Å². The summed E-state index contributed by atoms with van der Waals surface area (Å²) >= 11 is 1.49. The Morgan fingerprint density at radius 3 is 2.71 bits per heavy atom. The Balaban J connectivity index is 1.56. The molecule has 1 fully saturated rings. The topological polar surface area (TPSA) is 113 Å². The van der Waals surface area contributed by atoms with Crippen LogP contribution >= 0.6 is 11.8 Å². The number of nitrogens with zero attached hydrogens (tertiary/aromatic N) is 4. The summed E-state index contributed by atoms with van der Waals surface area (Å²) in [5, 5.41) is 11.1. The maximum atomic E-state index is 11.7. The molecule has 0 bridgehead atoms. The van der Waals surface area contributed by atoms with Crippen LogP contribution in [0.3, 0.4) is 0 Å². The van der Waals surface area contributed by atoms with E-state index in [1.807, 2.05) is 50.2 Å². The number of carbonyl (C=O) groups excluding carboxylic acids is 1. The van der Waals surface area contributed by atoms with E-state index < -0.39 is 0 Å². The third-order valence-electron chi connectivity index (χ3n) is 5.13. The van der Waals surface area contributed by atoms with Gasteiger partial charge in [0.1, 0.15) is 17.4 Å². The monoisotopic (exact) mass is 437 g/mol. The molecule has 0 saturated carbocycles. The lowest BCUT2D eigenvalue weighted by Gasteiger charge is -2.18. The van der Waals surface area contributed by atoms with E-state index in [1.54, 1.807) is 0 Å². The lowest BCUT2D eigenvalue weighted by atomic mass is 10.1. The molecular formula is C22H27N7OS. The van der Waals surface area contributed by atoms with Crippen molar-refractivity contribution < 1.29 is 4.79 Å². The van der Waals surface area contributed by atoms with Gasteiger partial charge in [-0.2, -0.15) is 5.10 Å². The van der Waals surface area contributed by atoms with E-state index in [1.165, 1.54) is 11.8 Å². The van der Waals surface area contributed by atoms with Gasteiger partial charge in [-0.3, -0.25) is 9.89 Å². The summed E-state index contributed by atoms with van der Waals surface area (Å²) in [6.07, 6.45) is 1.98. The van der Waals surface area contributed by atoms with Gasteiger partial charge >= 0.3 is 0 Å². The number of aromatic nitrogens is 4. The molecule has 4 rings (SSSR count). The minimum Gasteiger partial charge on any atom is -0.355 e. The van der Waals surface area contributed by atoms with Crippen molar-refractivity contribution >= 4 is 35.0 Å². The van der Waals surface area contributed by atoms with Crippen molar-refractivity contribution in [3.8, 4) is 0 Å². The molecule has 31 heavy (non-hydrogen) atoms. The van der Waals surface area contributed by atoms with Crippen LogP contribution in [0.5, 0.6) is 0 Å². The van der Waals surface area contributed by atoms with Gasteiger partial charge in [0.2, 0.25) is 0 Å². The molecule has 1 aromatic carbocycles. The number of benzene rings is 1. The molecule has 9 heteroatoms. The molecule has 1 atom stereocenters. The lowest BCUT2D eigenvalue weighted by Crippen LogP contribution is -2.27. The van der Waals surface area contributed by atoms with E-state index in [4.69, 9.17) is 10.7 Å². The zero-order valence-corrected chi connectivity index (χ0v) is 18.6. The number of hydrogen-bond donors (Lipinski definition) is 3. The number of ketones is 1. The van der Waals surface area contributed by atoms with Crippen LogP contribution in [-0.4, -0.2) is 45.1 Å². The number of nitrogens with one attached hydrogen (secondary N) is 2. The van der Waals surface area contributed by atoms with Crippen LogP contribution in [-0.2, 0) is 11.2 Å². The molecule has 1 aliphatic heterocycles. The molecule has 1 aliphatic rings. The fraction of sp³-hybridized carbons (Fsp3) is 0.364. The van der Waals surface area contributed by atoms with Gasteiger partial charge < -0.3 is 16.0 Å². The molecule has 0 amide bonds. The third kappa shape index (κ3) is 5.62. The molecule has 1 saturated heterocycles. The summed E-state index contributed by atoms with van der Waals surface area (Å²) in [6.45, 7) is 5.50. The summed E-state index contributed by atoms with van der Waals surface area (Å²) in [5.41, 5.74) is 8.10. The zero-order chi connectivity index (χ0) is 21.8. The van der Waals surface area contributed by atoms with E-state index >= 15 is 0 Å². The highest BCUT2D eigenvalue weighted by Gasteiger charge is 2.22. The van der Waals surface area contributed by atoms with Crippen molar-refractivity contribution in [3.05, 3.63) is 47.7 Å². The maximum absolute atomic E-state index is 11.7. The van der Waals surface area contributed by atoms with Crippen molar-refractivity contribution in [2.24, 2.45) is 5.73 Å². The number of aromatic amines is 1. The van der Waals surface area contributed by atoms with Crippen LogP contribution < -0.4 is 16.0 Å². The van der Waals surface area contributed by atoms with Crippen molar-refractivity contribution in [2.45, 2.75) is 49.2 Å². The summed E-state index contributed by atoms with van der Waals surface area (Å²) in [4.78, 5) is 24.3. The predicted molar refractivity (Wildman–Crippen MR) is 123 cm³/mol. The minimum absolute atomic E-state index is 0.162. The molecule has 3 aromatic rings. The van der Waals surface area contributed by atoms with E-state index in [0.717, 1.165) is 41.5 Å². The van der Waals surface area contributed by atoms with E-state index in [0.29, 0.717) is 29.6 Å². The van der Waals surface area contributed by atoms with E-state index in [9.17, 15) is 4.79 Å². The summed E-state index contributed by atoms with van der Waals surface area (Å²) < 4.78 is 0. The normalized spacial score (nSPS) is 16.0. The number of rotatable bonds is 8. The Bertz CT molecular complexity index is 1050. The number of anilines is 3. The minimum atomic E-state index is 0.162. The molecule has 0 aliphatic carbocycles. The molecule has 0 spiro atoms. The van der Waals surface area contributed by atoms with Gasteiger partial charge in [0.05, 0.1) is 0 Å². The Morgan fingerprint density at radius 1 is 1.26 bits per heavy atom. The van der Waals surface area contributed by atoms with Crippen molar-refractivity contribution in [1.82, 2.24) is 20.2 Å². The first-order valence-corrected chi connectivity index (χ1v) is 11.3. The van der Waals surface area contributed by atoms with Gasteiger partial charge in [0.15, 0.2) is 11.0 Å². The van der Waals surface area contributed by atoms with Crippen LogP contribution in [0.25, 0.3) is 0 Å². The molecule has 2 aromatic heterocycles. The molecule has 0 radical (unpaired) electrons. The summed E-state index contributed by atoms with van der Waals surface area (Å²) in [5.74, 6) is 2.49. The largest absolute Gasteiger partial charge is 0.355 e. The smallest absolute Gasteiger partial charge is 0.196 e. The zero-order valence-electron chi connectivity index (χ0n) is 17.8. The van der Waals surface area contributed by atoms with E-state index in [-0.39, 0.29) is 11.8 Å². The Labute approximate surface area is 186 Å². The molecule has 3 heterocycles. The highest BCUT2D eigenvalue weighted by molar-refractivity contribution is 7.99. The van der Waals surface area contributed by atoms with Gasteiger partial charge in [0.25, 0.3) is 0 Å². The van der Waals surface area contributed by atoms with Crippen molar-refractivity contribution in [2.75, 3.05) is 23.3 Å². The standard InChI is InChI=1S/C22H27N7OS/c1-3-17(30)11-15-4-6-18(7-5-15)31-22-25-19(24-20-10-14(2)27-28-20)12-21(26-22)29-9-8-16(23)13-29/h4-7,10,12,16H,3,8-9,11,13,23H2,1-2H3,(H2,24,25,26,27,28). The first-order chi connectivity index (χ1) is 15.0. The van der Waals surface area contributed by atoms with Gasteiger partial charge in [-0.15, -0.1) is 0 Å². The molecule has 4 N–H and O–H groups in total.